The van der Waals surface area contributed by atoms with Crippen molar-refractivity contribution in [3.63, 3.8) is 0 Å². The summed E-state index contributed by atoms with van der Waals surface area (Å²) in [5, 5.41) is 0. The van der Waals surface area contributed by atoms with Gasteiger partial charge in [0.15, 0.2) is 0 Å². The second-order valence-electron chi connectivity index (χ2n) is 11.1. The van der Waals surface area contributed by atoms with E-state index in [1.807, 2.05) is 57.2 Å². The Hall–Kier alpha value is -4.92. The second-order valence-corrected chi connectivity index (χ2v) is 11.1. The number of rotatable bonds is 8. The summed E-state index contributed by atoms with van der Waals surface area (Å²) < 4.78 is 11.2. The third-order valence-corrected chi connectivity index (χ3v) is 6.88. The lowest BCUT2D eigenvalue weighted by Gasteiger charge is -2.27. The molecule has 0 fully saturated rings. The van der Waals surface area contributed by atoms with Crippen molar-refractivity contribution in [3.05, 3.63) is 102 Å². The van der Waals surface area contributed by atoms with Gasteiger partial charge in [0.2, 0.25) is 5.91 Å². The molecule has 2 amide bonds. The van der Waals surface area contributed by atoms with Gasteiger partial charge in [-0.2, -0.15) is 0 Å². The molecule has 1 aliphatic heterocycles. The van der Waals surface area contributed by atoms with E-state index in [1.54, 1.807) is 37.3 Å². The number of methoxy groups -OCH3 is 1. The van der Waals surface area contributed by atoms with Crippen LogP contribution in [0.2, 0.25) is 0 Å². The molecule has 2 heterocycles. The zero-order valence-electron chi connectivity index (χ0n) is 24.6. The maximum absolute atomic E-state index is 13.7. The lowest BCUT2D eigenvalue weighted by Crippen LogP contribution is -2.34. The van der Waals surface area contributed by atoms with Crippen molar-refractivity contribution >= 4 is 35.0 Å². The van der Waals surface area contributed by atoms with Crippen LogP contribution in [-0.4, -0.2) is 41.7 Å². The van der Waals surface area contributed by atoms with Crippen molar-refractivity contribution in [3.8, 4) is 5.75 Å². The molecule has 0 saturated carbocycles. The molecule has 9 heteroatoms. The zero-order valence-corrected chi connectivity index (χ0v) is 24.6. The van der Waals surface area contributed by atoms with Crippen molar-refractivity contribution in [2.45, 2.75) is 45.9 Å². The Balaban J connectivity index is 1.54. The van der Waals surface area contributed by atoms with Gasteiger partial charge in [-0.15, -0.1) is 0 Å². The maximum atomic E-state index is 13.7. The number of anilines is 4. The third kappa shape index (κ3) is 6.20. The summed E-state index contributed by atoms with van der Waals surface area (Å²) in [6, 6.07) is 25.6. The highest BCUT2D eigenvalue weighted by molar-refractivity contribution is 6.09. The second kappa shape index (κ2) is 11.9. The summed E-state index contributed by atoms with van der Waals surface area (Å²) >= 11 is 0. The average Bonchev–Trinajstić information content (AvgIpc) is 3.32. The number of fused-ring (bicyclic) bond motifs is 1. The van der Waals surface area contributed by atoms with Crippen molar-refractivity contribution in [1.82, 2.24) is 9.97 Å². The number of benzene rings is 3. The standard InChI is InChI=1S/C33H35N5O4/c1-33(2,3)42-32(40)36(4)25-16-17-28(41-5)27(18-25)38-29(39)19-26-30(34-22-35-31(26)38)37(20-23-12-8-6-9-13-23)21-24-14-10-7-11-15-24/h6-18,22H,19-21H2,1-5H3. The number of hydrogen-bond acceptors (Lipinski definition) is 7. The van der Waals surface area contributed by atoms with E-state index in [2.05, 4.69) is 39.1 Å². The lowest BCUT2D eigenvalue weighted by atomic mass is 10.1. The molecule has 0 bridgehead atoms. The zero-order chi connectivity index (χ0) is 29.9. The topological polar surface area (TPSA) is 88.1 Å². The molecule has 0 N–H and O–H groups in total. The van der Waals surface area contributed by atoms with Crippen molar-refractivity contribution in [2.24, 2.45) is 0 Å². The summed E-state index contributed by atoms with van der Waals surface area (Å²) in [6.45, 7) is 6.65. The van der Waals surface area contributed by atoms with Gasteiger partial charge in [0, 0.05) is 31.4 Å². The van der Waals surface area contributed by atoms with Crippen LogP contribution in [0.5, 0.6) is 5.75 Å². The largest absolute Gasteiger partial charge is 0.495 e. The molecule has 1 aliphatic rings. The van der Waals surface area contributed by atoms with Crippen molar-refractivity contribution in [1.29, 1.82) is 0 Å². The number of aromatic nitrogens is 2. The molecule has 216 valence electrons. The molecule has 3 aromatic carbocycles. The average molecular weight is 566 g/mol. The first-order valence-corrected chi connectivity index (χ1v) is 13.8. The molecule has 1 aromatic heterocycles. The van der Waals surface area contributed by atoms with Crippen LogP contribution in [0.25, 0.3) is 0 Å². The van der Waals surface area contributed by atoms with Crippen LogP contribution in [0.4, 0.5) is 27.8 Å². The minimum atomic E-state index is -0.650. The Morgan fingerprint density at radius 2 is 1.55 bits per heavy atom. The van der Waals surface area contributed by atoms with Crippen LogP contribution in [-0.2, 0) is 29.0 Å². The van der Waals surface area contributed by atoms with Gasteiger partial charge in [0.1, 0.15) is 29.3 Å². The highest BCUT2D eigenvalue weighted by atomic mass is 16.6. The predicted octanol–water partition coefficient (Wildman–Crippen LogP) is 6.28. The highest BCUT2D eigenvalue weighted by Crippen LogP contribution is 2.43. The summed E-state index contributed by atoms with van der Waals surface area (Å²) in [5.74, 6) is 1.50. The van der Waals surface area contributed by atoms with Gasteiger partial charge in [0.25, 0.3) is 0 Å². The van der Waals surface area contributed by atoms with Crippen LogP contribution in [0, 0.1) is 0 Å². The number of nitrogens with zero attached hydrogens (tertiary/aromatic N) is 5. The van der Waals surface area contributed by atoms with Crippen LogP contribution < -0.4 is 19.4 Å². The Kier molecular flexibility index (Phi) is 8.10. The molecular formula is C33H35N5O4. The fourth-order valence-corrected chi connectivity index (χ4v) is 4.93. The number of carbonyl (C=O) groups is 2. The van der Waals surface area contributed by atoms with E-state index in [9.17, 15) is 9.59 Å². The first-order valence-electron chi connectivity index (χ1n) is 13.8. The van der Waals surface area contributed by atoms with Gasteiger partial charge in [-0.25, -0.2) is 14.8 Å². The first-order chi connectivity index (χ1) is 20.1. The van der Waals surface area contributed by atoms with Crippen LogP contribution in [0.15, 0.2) is 85.2 Å². The van der Waals surface area contributed by atoms with Gasteiger partial charge >= 0.3 is 6.09 Å². The Morgan fingerprint density at radius 3 is 2.12 bits per heavy atom. The monoisotopic (exact) mass is 565 g/mol. The van der Waals surface area contributed by atoms with Gasteiger partial charge in [0.05, 0.1) is 19.2 Å². The number of ether oxygens (including phenoxy) is 2. The number of amides is 2. The molecule has 5 rings (SSSR count). The highest BCUT2D eigenvalue weighted by Gasteiger charge is 2.36. The molecular weight excluding hydrogens is 530 g/mol. The molecule has 42 heavy (non-hydrogen) atoms. The van der Waals surface area contributed by atoms with Gasteiger partial charge in [-0.1, -0.05) is 60.7 Å². The Bertz CT molecular complexity index is 1530. The quantitative estimate of drug-likeness (QED) is 0.248. The van der Waals surface area contributed by atoms with E-state index >= 15 is 0 Å². The molecule has 0 unspecified atom stereocenters. The number of hydrogen-bond donors (Lipinski definition) is 0. The molecule has 4 aromatic rings. The normalized spacial score (nSPS) is 12.6. The number of carbonyl (C=O) groups excluding carboxylic acids is 2. The Morgan fingerprint density at radius 1 is 0.929 bits per heavy atom. The van der Waals surface area contributed by atoms with Crippen molar-refractivity contribution in [2.75, 3.05) is 28.9 Å². The van der Waals surface area contributed by atoms with E-state index in [1.165, 1.54) is 11.2 Å². The summed E-state index contributed by atoms with van der Waals surface area (Å²) in [7, 11) is 3.18. The SMILES string of the molecule is COc1ccc(N(C)C(=O)OC(C)(C)C)cc1N1C(=O)Cc2c(N(Cc3ccccc3)Cc3ccccc3)ncnc21. The van der Waals surface area contributed by atoms with Crippen LogP contribution in [0.3, 0.4) is 0 Å². The maximum Gasteiger partial charge on any atom is 0.414 e. The van der Waals surface area contributed by atoms with Crippen LogP contribution >= 0.6 is 0 Å². The molecule has 0 radical (unpaired) electrons. The van der Waals surface area contributed by atoms with Gasteiger partial charge in [-0.05, 0) is 50.1 Å². The van der Waals surface area contributed by atoms with Gasteiger partial charge < -0.3 is 14.4 Å². The van der Waals surface area contributed by atoms with E-state index in [-0.39, 0.29) is 12.3 Å². The lowest BCUT2D eigenvalue weighted by molar-refractivity contribution is -0.116. The smallest absolute Gasteiger partial charge is 0.414 e. The molecule has 9 nitrogen and oxygen atoms in total. The fourth-order valence-electron chi connectivity index (χ4n) is 4.93. The van der Waals surface area contributed by atoms with E-state index < -0.39 is 11.7 Å². The summed E-state index contributed by atoms with van der Waals surface area (Å²) in [4.78, 5) is 40.8. The van der Waals surface area contributed by atoms with Gasteiger partial charge in [-0.3, -0.25) is 14.6 Å². The van der Waals surface area contributed by atoms with Crippen molar-refractivity contribution < 1.29 is 19.1 Å². The fraction of sp³-hybridized carbons (Fsp3) is 0.273. The molecule has 0 aliphatic carbocycles. The van der Waals surface area contributed by atoms with E-state index in [0.29, 0.717) is 41.8 Å². The van der Waals surface area contributed by atoms with Crippen LogP contribution in [0.1, 0.15) is 37.5 Å². The third-order valence-electron chi connectivity index (χ3n) is 6.88. The molecule has 0 spiro atoms. The summed E-state index contributed by atoms with van der Waals surface area (Å²) in [6.07, 6.45) is 1.11. The predicted molar refractivity (Wildman–Crippen MR) is 163 cm³/mol. The molecule has 0 saturated heterocycles. The minimum Gasteiger partial charge on any atom is -0.495 e. The Labute approximate surface area is 246 Å². The first kappa shape index (κ1) is 28.6. The van der Waals surface area contributed by atoms with E-state index in [4.69, 9.17) is 9.47 Å². The molecule has 0 atom stereocenters. The van der Waals surface area contributed by atoms with E-state index in [0.717, 1.165) is 16.7 Å². The minimum absolute atomic E-state index is 0.126. The summed E-state index contributed by atoms with van der Waals surface area (Å²) in [5.41, 5.74) is 3.37.